The number of benzene rings is 1. The molecule has 1 N–H and O–H groups in total. The van der Waals surface area contributed by atoms with Crippen molar-refractivity contribution in [3.8, 4) is 5.75 Å². The van der Waals surface area contributed by atoms with Crippen molar-refractivity contribution in [2.75, 3.05) is 0 Å². The van der Waals surface area contributed by atoms with Crippen LogP contribution in [0, 0.1) is 17.8 Å². The van der Waals surface area contributed by atoms with Gasteiger partial charge in [0.2, 0.25) is 0 Å². The van der Waals surface area contributed by atoms with E-state index in [0.717, 1.165) is 32.1 Å². The molecule has 28 heavy (non-hydrogen) atoms. The molecule has 4 heteroatoms. The predicted molar refractivity (Wildman–Crippen MR) is 111 cm³/mol. The van der Waals surface area contributed by atoms with Crippen LogP contribution >= 0.6 is 0 Å². The minimum absolute atomic E-state index is 0.391. The van der Waals surface area contributed by atoms with Gasteiger partial charge in [-0.05, 0) is 55.7 Å². The standard InChI is InChI=1S/C24H36O4/c1-3-5-7-9-18-11-14-20(15-12-18)28-24(27)21-16-13-19(10-8-6-4-2)17-22(21)23(25)26/h11-12,14-15,19,21-22H,3-10,13,16-17H2,1-2H3,(H,25,26)/t19?,21-,22-/m1/s1. The number of hydrogen-bond donors (Lipinski definition) is 1. The van der Waals surface area contributed by atoms with Crippen LogP contribution in [0.2, 0.25) is 0 Å². The fraction of sp³-hybridized carbons (Fsp3) is 0.667. The zero-order valence-corrected chi connectivity index (χ0v) is 17.5. The topological polar surface area (TPSA) is 63.6 Å². The molecule has 0 aliphatic heterocycles. The van der Waals surface area contributed by atoms with Gasteiger partial charge >= 0.3 is 11.9 Å². The van der Waals surface area contributed by atoms with Gasteiger partial charge in [-0.3, -0.25) is 9.59 Å². The summed E-state index contributed by atoms with van der Waals surface area (Å²) in [5.41, 5.74) is 1.24. The quantitative estimate of drug-likeness (QED) is 0.286. The SMILES string of the molecule is CCCCCc1ccc(OC(=O)[C@@H]2CCC(CCCCC)C[C@H]2C(=O)O)cc1. The van der Waals surface area contributed by atoms with Crippen molar-refractivity contribution in [3.63, 3.8) is 0 Å². The summed E-state index contributed by atoms with van der Waals surface area (Å²) in [6.07, 6.45) is 11.3. The highest BCUT2D eigenvalue weighted by atomic mass is 16.5. The van der Waals surface area contributed by atoms with Gasteiger partial charge in [-0.25, -0.2) is 0 Å². The first kappa shape index (κ1) is 22.4. The fourth-order valence-electron chi connectivity index (χ4n) is 4.25. The molecule has 1 aromatic rings. The predicted octanol–water partition coefficient (Wildman–Crippen LogP) is 6.02. The number of ether oxygens (including phenoxy) is 1. The molecule has 3 atom stereocenters. The minimum Gasteiger partial charge on any atom is -0.481 e. The van der Waals surface area contributed by atoms with Crippen molar-refractivity contribution in [3.05, 3.63) is 29.8 Å². The summed E-state index contributed by atoms with van der Waals surface area (Å²) >= 11 is 0. The second kappa shape index (κ2) is 11.9. The number of unbranched alkanes of at least 4 members (excludes halogenated alkanes) is 4. The van der Waals surface area contributed by atoms with Crippen LogP contribution in [0.4, 0.5) is 0 Å². The summed E-state index contributed by atoms with van der Waals surface area (Å²) in [5.74, 6) is -1.49. The number of rotatable bonds is 11. The van der Waals surface area contributed by atoms with Crippen LogP contribution in [-0.2, 0) is 16.0 Å². The Hall–Kier alpha value is -1.84. The Labute approximate surface area is 169 Å². The summed E-state index contributed by atoms with van der Waals surface area (Å²) in [6.45, 7) is 4.36. The van der Waals surface area contributed by atoms with Crippen molar-refractivity contribution in [1.82, 2.24) is 0 Å². The van der Waals surface area contributed by atoms with E-state index < -0.39 is 23.8 Å². The summed E-state index contributed by atoms with van der Waals surface area (Å²) in [5, 5.41) is 9.64. The molecule has 0 aromatic heterocycles. The van der Waals surface area contributed by atoms with E-state index in [4.69, 9.17) is 4.74 Å². The van der Waals surface area contributed by atoms with E-state index in [2.05, 4.69) is 13.8 Å². The maximum atomic E-state index is 12.7. The van der Waals surface area contributed by atoms with Crippen LogP contribution in [0.5, 0.6) is 5.75 Å². The number of carbonyl (C=O) groups is 2. The monoisotopic (exact) mass is 388 g/mol. The number of carbonyl (C=O) groups excluding carboxylic acids is 1. The first-order valence-electron chi connectivity index (χ1n) is 11.1. The first-order valence-corrected chi connectivity index (χ1v) is 11.1. The maximum Gasteiger partial charge on any atom is 0.315 e. The third-order valence-corrected chi connectivity index (χ3v) is 6.01. The van der Waals surface area contributed by atoms with Crippen molar-refractivity contribution in [1.29, 1.82) is 0 Å². The van der Waals surface area contributed by atoms with Gasteiger partial charge in [0, 0.05) is 0 Å². The van der Waals surface area contributed by atoms with E-state index in [-0.39, 0.29) is 0 Å². The molecule has 4 nitrogen and oxygen atoms in total. The number of carboxylic acid groups (broad SMARTS) is 1. The average Bonchev–Trinajstić information content (AvgIpc) is 2.69. The molecule has 1 saturated carbocycles. The summed E-state index contributed by atoms with van der Waals surface area (Å²) < 4.78 is 5.55. The van der Waals surface area contributed by atoms with Crippen LogP contribution in [0.15, 0.2) is 24.3 Å². The first-order chi connectivity index (χ1) is 13.5. The highest BCUT2D eigenvalue weighted by molar-refractivity contribution is 5.82. The molecule has 0 heterocycles. The number of aliphatic carboxylic acids is 1. The molecule has 1 unspecified atom stereocenters. The molecule has 0 radical (unpaired) electrons. The third-order valence-electron chi connectivity index (χ3n) is 6.01. The molecule has 0 bridgehead atoms. The van der Waals surface area contributed by atoms with Gasteiger partial charge in [0.05, 0.1) is 11.8 Å². The summed E-state index contributed by atoms with van der Waals surface area (Å²) in [7, 11) is 0. The normalized spacial score (nSPS) is 22.0. The van der Waals surface area contributed by atoms with Crippen molar-refractivity contribution in [2.24, 2.45) is 17.8 Å². The lowest BCUT2D eigenvalue weighted by atomic mass is 9.72. The van der Waals surface area contributed by atoms with Gasteiger partial charge in [-0.1, -0.05) is 64.5 Å². The molecule has 1 aromatic carbocycles. The molecule has 1 fully saturated rings. The van der Waals surface area contributed by atoms with Crippen LogP contribution in [0.3, 0.4) is 0 Å². The van der Waals surface area contributed by atoms with E-state index in [1.54, 1.807) is 0 Å². The number of hydrogen-bond acceptors (Lipinski definition) is 3. The van der Waals surface area contributed by atoms with Gasteiger partial charge in [0.25, 0.3) is 0 Å². The Morgan fingerprint density at radius 2 is 1.64 bits per heavy atom. The summed E-state index contributed by atoms with van der Waals surface area (Å²) in [4.78, 5) is 24.4. The van der Waals surface area contributed by atoms with Gasteiger partial charge in [0.15, 0.2) is 0 Å². The lowest BCUT2D eigenvalue weighted by Gasteiger charge is -2.32. The lowest BCUT2D eigenvalue weighted by molar-refractivity contribution is -0.155. The van der Waals surface area contributed by atoms with Crippen molar-refractivity contribution >= 4 is 11.9 Å². The fourth-order valence-corrected chi connectivity index (χ4v) is 4.25. The van der Waals surface area contributed by atoms with E-state index in [1.807, 2.05) is 24.3 Å². The highest BCUT2D eigenvalue weighted by Gasteiger charge is 2.40. The lowest BCUT2D eigenvalue weighted by Crippen LogP contribution is -2.37. The van der Waals surface area contributed by atoms with E-state index in [0.29, 0.717) is 24.5 Å². The smallest absolute Gasteiger partial charge is 0.315 e. The second-order valence-corrected chi connectivity index (χ2v) is 8.25. The Bertz CT molecular complexity index is 608. The van der Waals surface area contributed by atoms with E-state index in [9.17, 15) is 14.7 Å². The van der Waals surface area contributed by atoms with E-state index in [1.165, 1.54) is 31.2 Å². The largest absolute Gasteiger partial charge is 0.481 e. The van der Waals surface area contributed by atoms with Crippen LogP contribution in [-0.4, -0.2) is 17.0 Å². The Morgan fingerprint density at radius 1 is 0.964 bits per heavy atom. The molecule has 0 saturated heterocycles. The minimum atomic E-state index is -0.867. The molecular formula is C24H36O4. The molecule has 0 spiro atoms. The Kier molecular flexibility index (Phi) is 9.52. The Morgan fingerprint density at radius 3 is 2.29 bits per heavy atom. The Balaban J connectivity index is 1.90. The van der Waals surface area contributed by atoms with Crippen LogP contribution < -0.4 is 4.74 Å². The number of esters is 1. The van der Waals surface area contributed by atoms with Gasteiger partial charge in [-0.15, -0.1) is 0 Å². The molecule has 0 amide bonds. The van der Waals surface area contributed by atoms with Crippen molar-refractivity contribution < 1.29 is 19.4 Å². The highest BCUT2D eigenvalue weighted by Crippen LogP contribution is 2.37. The van der Waals surface area contributed by atoms with E-state index >= 15 is 0 Å². The van der Waals surface area contributed by atoms with Gasteiger partial charge < -0.3 is 9.84 Å². The zero-order valence-electron chi connectivity index (χ0n) is 17.5. The van der Waals surface area contributed by atoms with Crippen molar-refractivity contribution in [2.45, 2.75) is 84.5 Å². The maximum absolute atomic E-state index is 12.7. The molecule has 156 valence electrons. The number of carboxylic acids is 1. The van der Waals surface area contributed by atoms with Gasteiger partial charge in [-0.2, -0.15) is 0 Å². The molecule has 1 aliphatic rings. The van der Waals surface area contributed by atoms with Gasteiger partial charge in [0.1, 0.15) is 5.75 Å². The third kappa shape index (κ3) is 6.96. The zero-order chi connectivity index (χ0) is 20.4. The number of aryl methyl sites for hydroxylation is 1. The van der Waals surface area contributed by atoms with Crippen LogP contribution in [0.25, 0.3) is 0 Å². The molecule has 2 rings (SSSR count). The summed E-state index contributed by atoms with van der Waals surface area (Å²) in [6, 6.07) is 7.64. The molecule has 1 aliphatic carbocycles. The average molecular weight is 389 g/mol. The second-order valence-electron chi connectivity index (χ2n) is 8.25. The molecular weight excluding hydrogens is 352 g/mol. The van der Waals surface area contributed by atoms with Crippen LogP contribution in [0.1, 0.15) is 83.6 Å².